The lowest BCUT2D eigenvalue weighted by Gasteiger charge is -2.47. The number of morpholine rings is 1. The minimum atomic E-state index is -0.492. The van der Waals surface area contributed by atoms with E-state index in [-0.39, 0.29) is 24.1 Å². The molecule has 18 heavy (non-hydrogen) atoms. The topological polar surface area (TPSA) is 55.8 Å². The molecule has 2 bridgehead atoms. The van der Waals surface area contributed by atoms with Crippen molar-refractivity contribution in [1.29, 1.82) is 0 Å². The molecule has 5 nitrogen and oxygen atoms in total. The molecule has 0 spiro atoms. The summed E-state index contributed by atoms with van der Waals surface area (Å²) in [5.74, 6) is 0.0441. The number of hydrogen-bond acceptors (Lipinski definition) is 4. The molecule has 2 rings (SSSR count). The molecule has 0 aromatic heterocycles. The number of rotatable bonds is 1. The summed E-state index contributed by atoms with van der Waals surface area (Å²) in [4.78, 5) is 24.9. The van der Waals surface area contributed by atoms with Crippen molar-refractivity contribution < 1.29 is 19.1 Å². The normalized spacial score (nSPS) is 31.9. The van der Waals surface area contributed by atoms with Gasteiger partial charge in [-0.25, -0.2) is 4.79 Å². The molecule has 0 aliphatic carbocycles. The summed E-state index contributed by atoms with van der Waals surface area (Å²) in [5.41, 5.74) is -0.492. The van der Waals surface area contributed by atoms with Gasteiger partial charge in [-0.2, -0.15) is 0 Å². The van der Waals surface area contributed by atoms with Crippen molar-refractivity contribution in [3.05, 3.63) is 0 Å². The first-order valence-corrected chi connectivity index (χ1v) is 6.45. The lowest BCUT2D eigenvalue weighted by atomic mass is 9.86. The first-order valence-electron chi connectivity index (χ1n) is 6.45. The molecule has 0 aromatic rings. The van der Waals surface area contributed by atoms with E-state index >= 15 is 0 Å². The molecular weight excluding hydrogens is 234 g/mol. The highest BCUT2D eigenvalue weighted by molar-refractivity contribution is 5.70. The number of hydrogen-bond donors (Lipinski definition) is 0. The molecule has 1 amide bonds. The van der Waals surface area contributed by atoms with Crippen LogP contribution in [0.3, 0.4) is 0 Å². The Bertz CT molecular complexity index is 322. The van der Waals surface area contributed by atoms with E-state index in [4.69, 9.17) is 9.47 Å². The maximum absolute atomic E-state index is 12.2. The summed E-state index contributed by atoms with van der Waals surface area (Å²) in [5, 5.41) is 0. The van der Waals surface area contributed by atoms with Gasteiger partial charge in [0.05, 0.1) is 25.3 Å². The highest BCUT2D eigenvalue weighted by Gasteiger charge is 2.43. The summed E-state index contributed by atoms with van der Waals surface area (Å²) >= 11 is 0. The Labute approximate surface area is 107 Å². The second kappa shape index (κ2) is 4.88. The van der Waals surface area contributed by atoms with E-state index in [1.807, 2.05) is 20.8 Å². The van der Waals surface area contributed by atoms with Crippen LogP contribution in [0.4, 0.5) is 4.79 Å². The molecule has 0 radical (unpaired) electrons. The monoisotopic (exact) mass is 255 g/mol. The minimum absolute atomic E-state index is 0.0254. The Morgan fingerprint density at radius 3 is 2.28 bits per heavy atom. The molecule has 0 N–H and O–H groups in total. The maximum Gasteiger partial charge on any atom is 0.410 e. The zero-order valence-electron chi connectivity index (χ0n) is 11.2. The zero-order valence-corrected chi connectivity index (χ0v) is 11.2. The van der Waals surface area contributed by atoms with Crippen molar-refractivity contribution in [3.8, 4) is 0 Å². The van der Waals surface area contributed by atoms with Crippen molar-refractivity contribution in [2.24, 2.45) is 5.92 Å². The van der Waals surface area contributed by atoms with Gasteiger partial charge in [0.1, 0.15) is 11.9 Å². The Morgan fingerprint density at radius 2 is 1.83 bits per heavy atom. The van der Waals surface area contributed by atoms with Crippen LogP contribution in [0.5, 0.6) is 0 Å². The Kier molecular flexibility index (Phi) is 3.61. The van der Waals surface area contributed by atoms with Crippen LogP contribution in [-0.2, 0) is 14.3 Å². The van der Waals surface area contributed by atoms with Gasteiger partial charge in [0.2, 0.25) is 0 Å². The van der Waals surface area contributed by atoms with Crippen molar-refractivity contribution in [1.82, 2.24) is 4.90 Å². The summed E-state index contributed by atoms with van der Waals surface area (Å²) in [7, 11) is 0. The highest BCUT2D eigenvalue weighted by Crippen LogP contribution is 2.31. The second-order valence-electron chi connectivity index (χ2n) is 6.10. The molecule has 0 saturated carbocycles. The molecule has 5 heteroatoms. The third-order valence-corrected chi connectivity index (χ3v) is 3.35. The number of nitrogens with zero attached hydrogens (tertiary/aromatic N) is 1. The average molecular weight is 255 g/mol. The van der Waals surface area contributed by atoms with Crippen molar-refractivity contribution in [2.75, 3.05) is 13.2 Å². The number of piperidine rings is 1. The fraction of sp³-hybridized carbons (Fsp3) is 0.846. The third kappa shape index (κ3) is 2.83. The standard InChI is InChI=1S/C13H21NO4/c1-13(2,3)18-12(16)14-10-4-9(6-15)5-11(14)8-17-7-10/h6,9-11H,4-5,7-8H2,1-3H3/t9?,10-,11+. The van der Waals surface area contributed by atoms with Gasteiger partial charge >= 0.3 is 6.09 Å². The fourth-order valence-corrected chi connectivity index (χ4v) is 2.68. The van der Waals surface area contributed by atoms with Crippen LogP contribution in [0.25, 0.3) is 0 Å². The highest BCUT2D eigenvalue weighted by atomic mass is 16.6. The first kappa shape index (κ1) is 13.3. The molecule has 1 unspecified atom stereocenters. The molecule has 102 valence electrons. The van der Waals surface area contributed by atoms with E-state index in [0.717, 1.165) is 6.29 Å². The largest absolute Gasteiger partial charge is 0.444 e. The van der Waals surface area contributed by atoms with Crippen molar-refractivity contribution >= 4 is 12.4 Å². The summed E-state index contributed by atoms with van der Waals surface area (Å²) in [6.07, 6.45) is 2.07. The number of carbonyl (C=O) groups excluding carboxylic acids is 2. The second-order valence-corrected chi connectivity index (χ2v) is 6.10. The van der Waals surface area contributed by atoms with Crippen molar-refractivity contribution in [3.63, 3.8) is 0 Å². The molecule has 2 fully saturated rings. The van der Waals surface area contributed by atoms with Crippen LogP contribution < -0.4 is 0 Å². The number of carbonyl (C=O) groups is 2. The summed E-state index contributed by atoms with van der Waals surface area (Å²) in [6.45, 7) is 6.57. The van der Waals surface area contributed by atoms with E-state index in [2.05, 4.69) is 0 Å². The third-order valence-electron chi connectivity index (χ3n) is 3.35. The molecule has 2 aliphatic heterocycles. The van der Waals surface area contributed by atoms with E-state index < -0.39 is 5.60 Å². The quantitative estimate of drug-likeness (QED) is 0.668. The van der Waals surface area contributed by atoms with Gasteiger partial charge in [-0.3, -0.25) is 4.90 Å². The number of aldehydes is 1. The Morgan fingerprint density at radius 1 is 1.28 bits per heavy atom. The van der Waals surface area contributed by atoms with Gasteiger partial charge in [-0.1, -0.05) is 0 Å². The van der Waals surface area contributed by atoms with E-state index in [1.165, 1.54) is 0 Å². The molecule has 3 atom stereocenters. The van der Waals surface area contributed by atoms with Crippen LogP contribution in [0.1, 0.15) is 33.6 Å². The van der Waals surface area contributed by atoms with Crippen LogP contribution >= 0.6 is 0 Å². The smallest absolute Gasteiger partial charge is 0.410 e. The maximum atomic E-state index is 12.2. The number of amides is 1. The first-order chi connectivity index (χ1) is 8.40. The van der Waals surface area contributed by atoms with Crippen LogP contribution in [-0.4, -0.2) is 48.2 Å². The molecule has 2 saturated heterocycles. The van der Waals surface area contributed by atoms with Gasteiger partial charge in [0.15, 0.2) is 0 Å². The van der Waals surface area contributed by atoms with Gasteiger partial charge < -0.3 is 14.3 Å². The van der Waals surface area contributed by atoms with E-state index in [9.17, 15) is 9.59 Å². The predicted octanol–water partition coefficient (Wildman–Crippen LogP) is 1.60. The number of ether oxygens (including phenoxy) is 2. The lowest BCUT2D eigenvalue weighted by molar-refractivity contribution is -0.121. The average Bonchev–Trinajstić information content (AvgIpc) is 2.24. The lowest BCUT2D eigenvalue weighted by Crippen LogP contribution is -2.60. The van der Waals surface area contributed by atoms with E-state index in [1.54, 1.807) is 4.90 Å². The fourth-order valence-electron chi connectivity index (χ4n) is 2.68. The molecule has 0 aromatic carbocycles. The van der Waals surface area contributed by atoms with Crippen LogP contribution in [0, 0.1) is 5.92 Å². The zero-order chi connectivity index (χ0) is 13.3. The molecular formula is C13H21NO4. The van der Waals surface area contributed by atoms with Gasteiger partial charge in [-0.05, 0) is 33.6 Å². The van der Waals surface area contributed by atoms with Crippen molar-refractivity contribution in [2.45, 2.75) is 51.3 Å². The van der Waals surface area contributed by atoms with Gasteiger partial charge in [0.25, 0.3) is 0 Å². The van der Waals surface area contributed by atoms with Gasteiger partial charge in [0, 0.05) is 5.92 Å². The number of fused-ring (bicyclic) bond motifs is 2. The van der Waals surface area contributed by atoms with Crippen LogP contribution in [0.2, 0.25) is 0 Å². The summed E-state index contributed by atoms with van der Waals surface area (Å²) < 4.78 is 10.9. The van der Waals surface area contributed by atoms with E-state index in [0.29, 0.717) is 26.1 Å². The van der Waals surface area contributed by atoms with Gasteiger partial charge in [-0.15, -0.1) is 0 Å². The Balaban J connectivity index is 2.08. The Hall–Kier alpha value is -1.10. The molecule has 2 heterocycles. The van der Waals surface area contributed by atoms with Crippen LogP contribution in [0.15, 0.2) is 0 Å². The predicted molar refractivity (Wildman–Crippen MR) is 65.3 cm³/mol. The SMILES string of the molecule is CC(C)(C)OC(=O)N1[C@@H]2COC[C@H]1CC(C=O)C2. The minimum Gasteiger partial charge on any atom is -0.444 e. The molecule has 2 aliphatic rings. The summed E-state index contributed by atoms with van der Waals surface area (Å²) in [6, 6.07) is -0.0508.